The second-order valence-corrected chi connectivity index (χ2v) is 7.80. The lowest BCUT2D eigenvalue weighted by Gasteiger charge is -2.34. The Labute approximate surface area is 154 Å². The minimum Gasteiger partial charge on any atom is -0.348 e. The summed E-state index contributed by atoms with van der Waals surface area (Å²) in [5.41, 5.74) is 0.207. The largest absolute Gasteiger partial charge is 0.348 e. The van der Waals surface area contributed by atoms with Gasteiger partial charge in [-0.15, -0.1) is 0 Å². The number of nitrogens with one attached hydrogen (secondary N) is 2. The Morgan fingerprint density at radius 1 is 1.12 bits per heavy atom. The molecule has 1 aromatic carbocycles. The van der Waals surface area contributed by atoms with E-state index in [1.165, 1.54) is 0 Å². The lowest BCUT2D eigenvalue weighted by molar-refractivity contribution is 0.0914. The average Bonchev–Trinajstić information content (AvgIpc) is 2.60. The fourth-order valence-electron chi connectivity index (χ4n) is 3.18. The van der Waals surface area contributed by atoms with Gasteiger partial charge < -0.3 is 15.5 Å². The van der Waals surface area contributed by atoms with Crippen molar-refractivity contribution in [2.75, 3.05) is 13.1 Å². The average molecular weight is 354 g/mol. The lowest BCUT2D eigenvalue weighted by Crippen LogP contribution is -2.53. The molecule has 0 radical (unpaired) electrons. The van der Waals surface area contributed by atoms with E-state index in [1.54, 1.807) is 6.20 Å². The molecule has 6 nitrogen and oxygen atoms in total. The first kappa shape index (κ1) is 18.2. The van der Waals surface area contributed by atoms with E-state index in [0.717, 1.165) is 23.6 Å². The quantitative estimate of drug-likeness (QED) is 0.871. The summed E-state index contributed by atoms with van der Waals surface area (Å²) in [7, 11) is 0. The number of likely N-dealkylation sites (tertiary alicyclic amines) is 1. The molecule has 3 amide bonds. The maximum atomic E-state index is 12.7. The van der Waals surface area contributed by atoms with Crippen molar-refractivity contribution < 1.29 is 9.59 Å². The molecule has 26 heavy (non-hydrogen) atoms. The molecule has 1 aliphatic rings. The molecule has 0 atom stereocenters. The predicted octanol–water partition coefficient (Wildman–Crippen LogP) is 2.94. The van der Waals surface area contributed by atoms with Crippen molar-refractivity contribution in [1.82, 2.24) is 20.5 Å². The standard InChI is InChI=1S/C20H26N4O2/c1-20(2,3)23-19(26)24-12-9-15(10-13-24)22-18(25)17-16-7-5-4-6-14(16)8-11-21-17/h4-8,11,15H,9-10,12-13H2,1-3H3,(H,22,25)(H,23,26). The maximum Gasteiger partial charge on any atom is 0.317 e. The summed E-state index contributed by atoms with van der Waals surface area (Å²) in [6.45, 7) is 7.17. The van der Waals surface area contributed by atoms with Gasteiger partial charge in [0.15, 0.2) is 0 Å². The molecule has 138 valence electrons. The number of piperidine rings is 1. The van der Waals surface area contributed by atoms with Crippen molar-refractivity contribution in [3.05, 3.63) is 42.2 Å². The van der Waals surface area contributed by atoms with Gasteiger partial charge in [-0.05, 0) is 45.1 Å². The van der Waals surface area contributed by atoms with Gasteiger partial charge in [0.2, 0.25) is 0 Å². The van der Waals surface area contributed by atoms with Gasteiger partial charge in [0, 0.05) is 36.3 Å². The van der Waals surface area contributed by atoms with Crippen LogP contribution in [0.4, 0.5) is 4.79 Å². The Balaban J connectivity index is 1.59. The van der Waals surface area contributed by atoms with Crippen molar-refractivity contribution in [2.24, 2.45) is 0 Å². The summed E-state index contributed by atoms with van der Waals surface area (Å²) in [4.78, 5) is 31.0. The molecule has 0 aliphatic carbocycles. The van der Waals surface area contributed by atoms with E-state index in [0.29, 0.717) is 18.8 Å². The monoisotopic (exact) mass is 354 g/mol. The van der Waals surface area contributed by atoms with Crippen LogP contribution in [0.1, 0.15) is 44.1 Å². The molecule has 0 spiro atoms. The van der Waals surface area contributed by atoms with Gasteiger partial charge in [-0.1, -0.05) is 24.3 Å². The Morgan fingerprint density at radius 2 is 1.81 bits per heavy atom. The molecule has 1 fully saturated rings. The zero-order chi connectivity index (χ0) is 18.7. The molecule has 2 heterocycles. The summed E-state index contributed by atoms with van der Waals surface area (Å²) in [5, 5.41) is 7.91. The number of hydrogen-bond acceptors (Lipinski definition) is 3. The number of benzene rings is 1. The molecule has 1 aromatic heterocycles. The van der Waals surface area contributed by atoms with E-state index >= 15 is 0 Å². The van der Waals surface area contributed by atoms with Crippen LogP contribution in [-0.2, 0) is 0 Å². The summed E-state index contributed by atoms with van der Waals surface area (Å²) in [6.07, 6.45) is 3.15. The number of rotatable bonds is 2. The summed E-state index contributed by atoms with van der Waals surface area (Å²) >= 11 is 0. The number of hydrogen-bond donors (Lipinski definition) is 2. The van der Waals surface area contributed by atoms with Gasteiger partial charge >= 0.3 is 6.03 Å². The Hall–Kier alpha value is -2.63. The van der Waals surface area contributed by atoms with Crippen molar-refractivity contribution in [1.29, 1.82) is 0 Å². The molecule has 0 saturated carbocycles. The minimum atomic E-state index is -0.248. The Kier molecular flexibility index (Phi) is 5.11. The summed E-state index contributed by atoms with van der Waals surface area (Å²) in [5.74, 6) is -0.153. The number of fused-ring (bicyclic) bond motifs is 1. The van der Waals surface area contributed by atoms with E-state index in [4.69, 9.17) is 0 Å². The van der Waals surface area contributed by atoms with Crippen LogP contribution in [0.5, 0.6) is 0 Å². The first-order valence-corrected chi connectivity index (χ1v) is 9.05. The Bertz CT molecular complexity index is 800. The number of nitrogens with zero attached hydrogens (tertiary/aromatic N) is 2. The number of pyridine rings is 1. The molecule has 2 aromatic rings. The summed E-state index contributed by atoms with van der Waals surface area (Å²) < 4.78 is 0. The van der Waals surface area contributed by atoms with Crippen molar-refractivity contribution in [3.63, 3.8) is 0 Å². The van der Waals surface area contributed by atoms with Gasteiger partial charge in [-0.25, -0.2) is 4.79 Å². The third kappa shape index (κ3) is 4.31. The van der Waals surface area contributed by atoms with Crippen molar-refractivity contribution in [2.45, 2.75) is 45.2 Å². The van der Waals surface area contributed by atoms with Gasteiger partial charge in [-0.2, -0.15) is 0 Å². The highest BCUT2D eigenvalue weighted by Gasteiger charge is 2.26. The zero-order valence-corrected chi connectivity index (χ0v) is 15.6. The van der Waals surface area contributed by atoms with E-state index in [9.17, 15) is 9.59 Å². The number of urea groups is 1. The van der Waals surface area contributed by atoms with Gasteiger partial charge in [0.05, 0.1) is 0 Å². The van der Waals surface area contributed by atoms with Crippen LogP contribution < -0.4 is 10.6 Å². The highest BCUT2D eigenvalue weighted by Crippen LogP contribution is 2.17. The third-order valence-corrected chi connectivity index (χ3v) is 4.49. The van der Waals surface area contributed by atoms with Gasteiger partial charge in [0.1, 0.15) is 5.69 Å². The second-order valence-electron chi connectivity index (χ2n) is 7.80. The fourth-order valence-corrected chi connectivity index (χ4v) is 3.18. The number of carbonyl (C=O) groups is 2. The van der Waals surface area contributed by atoms with E-state index in [-0.39, 0.29) is 23.5 Å². The molecular weight excluding hydrogens is 328 g/mol. The minimum absolute atomic E-state index is 0.0435. The normalized spacial score (nSPS) is 15.7. The molecule has 1 saturated heterocycles. The van der Waals surface area contributed by atoms with Gasteiger partial charge in [-0.3, -0.25) is 9.78 Å². The molecule has 0 unspecified atom stereocenters. The smallest absolute Gasteiger partial charge is 0.317 e. The van der Waals surface area contributed by atoms with Crippen molar-refractivity contribution >= 4 is 22.7 Å². The van der Waals surface area contributed by atoms with Crippen LogP contribution in [0.25, 0.3) is 10.8 Å². The molecule has 1 aliphatic heterocycles. The van der Waals surface area contributed by atoms with Crippen LogP contribution >= 0.6 is 0 Å². The Morgan fingerprint density at radius 3 is 2.50 bits per heavy atom. The number of amides is 3. The molecule has 6 heteroatoms. The highest BCUT2D eigenvalue weighted by atomic mass is 16.2. The van der Waals surface area contributed by atoms with E-state index in [2.05, 4.69) is 15.6 Å². The van der Waals surface area contributed by atoms with Crippen LogP contribution in [0, 0.1) is 0 Å². The highest BCUT2D eigenvalue weighted by molar-refractivity contribution is 6.05. The maximum absolute atomic E-state index is 12.7. The van der Waals surface area contributed by atoms with E-state index < -0.39 is 0 Å². The number of aromatic nitrogens is 1. The van der Waals surface area contributed by atoms with Crippen LogP contribution in [0.2, 0.25) is 0 Å². The van der Waals surface area contributed by atoms with Crippen LogP contribution in [-0.4, -0.2) is 46.5 Å². The number of carbonyl (C=O) groups excluding carboxylic acids is 2. The third-order valence-electron chi connectivity index (χ3n) is 4.49. The predicted molar refractivity (Wildman–Crippen MR) is 102 cm³/mol. The first-order valence-electron chi connectivity index (χ1n) is 9.05. The summed E-state index contributed by atoms with van der Waals surface area (Å²) in [6, 6.07) is 9.66. The van der Waals surface area contributed by atoms with Crippen LogP contribution in [0.15, 0.2) is 36.5 Å². The second kappa shape index (κ2) is 7.32. The van der Waals surface area contributed by atoms with E-state index in [1.807, 2.05) is 56.0 Å². The first-order chi connectivity index (χ1) is 12.3. The zero-order valence-electron chi connectivity index (χ0n) is 15.6. The van der Waals surface area contributed by atoms with Gasteiger partial charge in [0.25, 0.3) is 5.91 Å². The lowest BCUT2D eigenvalue weighted by atomic mass is 10.0. The fraction of sp³-hybridized carbons (Fsp3) is 0.450. The molecule has 3 rings (SSSR count). The molecule has 0 bridgehead atoms. The SMILES string of the molecule is CC(C)(C)NC(=O)N1CCC(NC(=O)c2nccc3ccccc23)CC1. The van der Waals surface area contributed by atoms with Crippen molar-refractivity contribution in [3.8, 4) is 0 Å². The molecular formula is C20H26N4O2. The van der Waals surface area contributed by atoms with Crippen LogP contribution in [0.3, 0.4) is 0 Å². The molecule has 2 N–H and O–H groups in total. The topological polar surface area (TPSA) is 74.3 Å².